The van der Waals surface area contributed by atoms with Crippen molar-refractivity contribution >= 4 is 108 Å². The monoisotopic (exact) mass is 1080 g/mol. The maximum atomic E-state index is 2.59. The van der Waals surface area contributed by atoms with Crippen LogP contribution in [0.25, 0.3) is 152 Å². The summed E-state index contributed by atoms with van der Waals surface area (Å²) in [7, 11) is 0. The number of fused-ring (bicyclic) bond motifs is 23. The summed E-state index contributed by atoms with van der Waals surface area (Å²) < 4.78 is 0. The molecular weight excluding hydrogens is 1020 g/mol. The third-order valence-corrected chi connectivity index (χ3v) is 22.2. The standard InChI is InChI=1S/C46H32.C39H30/c1-45(2)36-24-35-37(23-34(36)42-32-20-19-27-12-9-11-26-16-17-28(22-38(42)45)40(32)39(26)27)46(3,4)44-33-21-18-25-10-5-6-13-29(25)41(33)30-14-7-8-15-31(30)43(35)44;1-21-17-32-36(26-12-7-6-11-25(21)26)28-19-31-29(20-30(28)38(32,2)3)37-27-16-15-23-10-8-9-22-13-14-24(35(27)34(22)23)18-33(37)39(31,4)5/h5-24H,1-4H3;6-20H,1-5H3. The molecule has 0 heteroatoms. The Kier molecular flexibility index (Phi) is 8.87. The van der Waals surface area contributed by atoms with Gasteiger partial charge in [0, 0.05) is 21.7 Å². The smallest absolute Gasteiger partial charge is 0.0165 e. The highest BCUT2D eigenvalue weighted by molar-refractivity contribution is 6.30. The molecule has 16 aromatic carbocycles. The van der Waals surface area contributed by atoms with E-state index in [0.717, 1.165) is 0 Å². The second-order valence-corrected chi connectivity index (χ2v) is 27.9. The molecule has 0 unspecified atom stereocenters. The maximum Gasteiger partial charge on any atom is 0.0165 e. The van der Waals surface area contributed by atoms with Crippen LogP contribution >= 0.6 is 0 Å². The van der Waals surface area contributed by atoms with Crippen molar-refractivity contribution in [3.05, 3.63) is 262 Å². The van der Waals surface area contributed by atoms with Gasteiger partial charge in [0.25, 0.3) is 0 Å². The van der Waals surface area contributed by atoms with Crippen molar-refractivity contribution < 1.29 is 0 Å². The van der Waals surface area contributed by atoms with Gasteiger partial charge in [-0.2, -0.15) is 0 Å². The largest absolute Gasteiger partial charge is 0.0616 e. The number of hydrogen-bond acceptors (Lipinski definition) is 0. The van der Waals surface area contributed by atoms with Crippen molar-refractivity contribution in [1.29, 1.82) is 0 Å². The third kappa shape index (κ3) is 5.80. The van der Waals surface area contributed by atoms with Gasteiger partial charge in [0.05, 0.1) is 0 Å². The normalized spacial score (nSPS) is 16.0. The van der Waals surface area contributed by atoms with Crippen LogP contribution in [-0.2, 0) is 21.7 Å². The van der Waals surface area contributed by atoms with Crippen molar-refractivity contribution in [1.82, 2.24) is 0 Å². The second kappa shape index (κ2) is 15.7. The maximum absolute atomic E-state index is 2.59. The summed E-state index contributed by atoms with van der Waals surface area (Å²) in [4.78, 5) is 0. The Labute approximate surface area is 495 Å². The van der Waals surface area contributed by atoms with Crippen LogP contribution < -0.4 is 0 Å². The molecule has 0 atom stereocenters. The summed E-state index contributed by atoms with van der Waals surface area (Å²) in [6.45, 7) is 21.7. The molecule has 0 saturated heterocycles. The molecule has 0 nitrogen and oxygen atoms in total. The first-order valence-electron chi connectivity index (χ1n) is 30.8. The van der Waals surface area contributed by atoms with Gasteiger partial charge in [0.2, 0.25) is 0 Å². The molecule has 0 radical (unpaired) electrons. The topological polar surface area (TPSA) is 0 Å². The molecular formula is C85H62. The van der Waals surface area contributed by atoms with Gasteiger partial charge in [-0.3, -0.25) is 0 Å². The first-order chi connectivity index (χ1) is 41.1. The molecule has 85 heavy (non-hydrogen) atoms. The van der Waals surface area contributed by atoms with E-state index in [1.165, 1.54) is 202 Å². The van der Waals surface area contributed by atoms with Crippen LogP contribution in [0.2, 0.25) is 0 Å². The highest BCUT2D eigenvalue weighted by Gasteiger charge is 2.46. The van der Waals surface area contributed by atoms with Gasteiger partial charge in [-0.15, -0.1) is 0 Å². The SMILES string of the molecule is CC1(C)c2cc3c(cc2-c2c1cc1ccc4cccc5ccc2c1c45)C(C)(C)c1c-3c2ccccc2c2c1ccc1ccccc12.Cc1cc2c(c3ccccc13)-c1cc3c(cc1C2(C)C)-c1c(cc2ccc4cccc5ccc1c2c45)C3(C)C. The van der Waals surface area contributed by atoms with Crippen LogP contribution in [0.15, 0.2) is 212 Å². The average Bonchev–Trinajstić information content (AvgIpc) is 1.60. The molecule has 0 N–H and O–H groups in total. The zero-order valence-electron chi connectivity index (χ0n) is 49.7. The van der Waals surface area contributed by atoms with Crippen LogP contribution in [0.4, 0.5) is 0 Å². The van der Waals surface area contributed by atoms with E-state index < -0.39 is 0 Å². The number of aryl methyl sites for hydroxylation is 1. The predicted molar refractivity (Wildman–Crippen MR) is 365 cm³/mol. The van der Waals surface area contributed by atoms with E-state index in [9.17, 15) is 0 Å². The summed E-state index contributed by atoms with van der Waals surface area (Å²) in [6.07, 6.45) is 0. The van der Waals surface area contributed by atoms with E-state index in [-0.39, 0.29) is 21.7 Å². The lowest BCUT2D eigenvalue weighted by atomic mass is 9.77. The lowest BCUT2D eigenvalue weighted by molar-refractivity contribution is 0.652. The zero-order valence-corrected chi connectivity index (χ0v) is 49.7. The molecule has 0 bridgehead atoms. The summed E-state index contributed by atoms with van der Waals surface area (Å²) >= 11 is 0. The van der Waals surface area contributed by atoms with Crippen molar-refractivity contribution in [3.8, 4) is 44.5 Å². The number of rotatable bonds is 0. The molecule has 0 spiro atoms. The molecule has 0 amide bonds. The van der Waals surface area contributed by atoms with E-state index in [1.54, 1.807) is 0 Å². The predicted octanol–water partition coefficient (Wildman–Crippen LogP) is 23.3. The Morgan fingerprint density at radius 2 is 0.565 bits per heavy atom. The lowest BCUT2D eigenvalue weighted by Gasteiger charge is -2.25. The molecule has 0 fully saturated rings. The van der Waals surface area contributed by atoms with Gasteiger partial charge in [-0.05, 0) is 246 Å². The molecule has 0 aliphatic heterocycles. The van der Waals surface area contributed by atoms with Crippen LogP contribution in [0.1, 0.15) is 105 Å². The molecule has 16 aromatic rings. The van der Waals surface area contributed by atoms with E-state index >= 15 is 0 Å². The minimum Gasteiger partial charge on any atom is -0.0616 e. The first kappa shape index (κ1) is 48.1. The Hall–Kier alpha value is -9.36. The minimum absolute atomic E-state index is 0.0504. The minimum atomic E-state index is -0.152. The third-order valence-electron chi connectivity index (χ3n) is 22.2. The van der Waals surface area contributed by atoms with Crippen LogP contribution in [-0.4, -0.2) is 0 Å². The van der Waals surface area contributed by atoms with Gasteiger partial charge in [-0.25, -0.2) is 0 Å². The van der Waals surface area contributed by atoms with Crippen molar-refractivity contribution in [2.24, 2.45) is 0 Å². The average molecular weight is 1080 g/mol. The summed E-state index contributed by atoms with van der Waals surface area (Å²) in [5.74, 6) is 0. The van der Waals surface area contributed by atoms with E-state index in [1.807, 2.05) is 0 Å². The molecule has 0 aromatic heterocycles. The molecule has 0 heterocycles. The fourth-order valence-electron chi connectivity index (χ4n) is 18.1. The summed E-state index contributed by atoms with van der Waals surface area (Å²) in [6, 6.07) is 81.6. The van der Waals surface area contributed by atoms with Gasteiger partial charge in [0.1, 0.15) is 0 Å². The fraction of sp³-hybridized carbons (Fsp3) is 0.153. The van der Waals surface area contributed by atoms with Gasteiger partial charge >= 0.3 is 0 Å². The van der Waals surface area contributed by atoms with Crippen LogP contribution in [0.3, 0.4) is 0 Å². The van der Waals surface area contributed by atoms with Crippen molar-refractivity contribution in [2.45, 2.75) is 84.0 Å². The Morgan fingerprint density at radius 3 is 1.08 bits per heavy atom. The molecule has 0 saturated carbocycles. The fourth-order valence-corrected chi connectivity index (χ4v) is 18.1. The second-order valence-electron chi connectivity index (χ2n) is 27.9. The quantitative estimate of drug-likeness (QED) is 0.133. The Morgan fingerprint density at radius 1 is 0.212 bits per heavy atom. The van der Waals surface area contributed by atoms with Gasteiger partial charge < -0.3 is 0 Å². The van der Waals surface area contributed by atoms with Gasteiger partial charge in [-0.1, -0.05) is 231 Å². The molecule has 4 aliphatic rings. The lowest BCUT2D eigenvalue weighted by Crippen LogP contribution is -2.17. The molecule has 402 valence electrons. The highest BCUT2D eigenvalue weighted by atomic mass is 14.5. The van der Waals surface area contributed by atoms with Crippen LogP contribution in [0.5, 0.6) is 0 Å². The summed E-state index contributed by atoms with van der Waals surface area (Å²) in [5, 5.41) is 27.3. The Bertz CT molecular complexity index is 5740. The number of benzene rings is 16. The summed E-state index contributed by atoms with van der Waals surface area (Å²) in [5.41, 5.74) is 24.0. The zero-order chi connectivity index (χ0) is 57.1. The number of hydrogen-bond donors (Lipinski definition) is 0. The van der Waals surface area contributed by atoms with E-state index in [4.69, 9.17) is 0 Å². The molecule has 20 rings (SSSR count). The van der Waals surface area contributed by atoms with Crippen molar-refractivity contribution in [2.75, 3.05) is 0 Å². The van der Waals surface area contributed by atoms with Gasteiger partial charge in [0.15, 0.2) is 0 Å². The van der Waals surface area contributed by atoms with Crippen LogP contribution in [0, 0.1) is 6.92 Å². The Balaban J connectivity index is 0.000000127. The molecule has 4 aliphatic carbocycles. The van der Waals surface area contributed by atoms with E-state index in [0.29, 0.717) is 0 Å². The van der Waals surface area contributed by atoms with Crippen molar-refractivity contribution in [3.63, 3.8) is 0 Å². The highest BCUT2D eigenvalue weighted by Crippen LogP contribution is 2.63. The first-order valence-corrected chi connectivity index (χ1v) is 30.8. The van der Waals surface area contributed by atoms with E-state index in [2.05, 4.69) is 275 Å².